The first-order chi connectivity index (χ1) is 9.70. The Balaban J connectivity index is 2.02. The number of anilines is 1. The molecule has 1 unspecified atom stereocenters. The number of hydrogen-bond acceptors (Lipinski definition) is 3. The summed E-state index contributed by atoms with van der Waals surface area (Å²) in [4.78, 5) is 12.1. The molecule has 4 heteroatoms. The standard InChI is InChI=1S/C16H20N2O2/c1-12-11-14(8-7-13(12)5-4-9-17)18-16(19)15-6-2-3-10-20-15/h7-8,11,15H,2-3,6,9-10,17H2,1H3,(H,18,19). The predicted octanol–water partition coefficient (Wildman–Crippen LogP) is 1.81. The number of nitrogens with one attached hydrogen (secondary N) is 1. The van der Waals surface area contributed by atoms with E-state index in [1.54, 1.807) is 0 Å². The molecule has 1 saturated heterocycles. The van der Waals surface area contributed by atoms with Gasteiger partial charge in [-0.2, -0.15) is 0 Å². The maximum Gasteiger partial charge on any atom is 0.253 e. The number of ether oxygens (including phenoxy) is 1. The van der Waals surface area contributed by atoms with E-state index in [0.29, 0.717) is 13.2 Å². The van der Waals surface area contributed by atoms with Crippen molar-refractivity contribution in [1.29, 1.82) is 0 Å². The van der Waals surface area contributed by atoms with Gasteiger partial charge in [-0.1, -0.05) is 11.8 Å². The number of rotatable bonds is 2. The van der Waals surface area contributed by atoms with Crippen LogP contribution in [0.3, 0.4) is 0 Å². The van der Waals surface area contributed by atoms with Gasteiger partial charge in [0.05, 0.1) is 6.54 Å². The van der Waals surface area contributed by atoms with Crippen molar-refractivity contribution < 1.29 is 9.53 Å². The smallest absolute Gasteiger partial charge is 0.253 e. The molecule has 1 aliphatic rings. The largest absolute Gasteiger partial charge is 0.368 e. The molecule has 2 rings (SSSR count). The molecule has 1 aromatic rings. The first-order valence-electron chi connectivity index (χ1n) is 6.93. The Morgan fingerprint density at radius 3 is 3.00 bits per heavy atom. The molecule has 106 valence electrons. The fraction of sp³-hybridized carbons (Fsp3) is 0.438. The third-order valence-electron chi connectivity index (χ3n) is 3.29. The quantitative estimate of drug-likeness (QED) is 0.807. The number of hydrogen-bond donors (Lipinski definition) is 2. The summed E-state index contributed by atoms with van der Waals surface area (Å²) in [7, 11) is 0. The van der Waals surface area contributed by atoms with Crippen molar-refractivity contribution in [2.75, 3.05) is 18.5 Å². The number of benzene rings is 1. The lowest BCUT2D eigenvalue weighted by Gasteiger charge is -2.21. The van der Waals surface area contributed by atoms with Crippen LogP contribution in [-0.2, 0) is 9.53 Å². The molecule has 0 spiro atoms. The van der Waals surface area contributed by atoms with Gasteiger partial charge in [0.1, 0.15) is 6.10 Å². The molecule has 0 radical (unpaired) electrons. The zero-order valence-electron chi connectivity index (χ0n) is 11.7. The van der Waals surface area contributed by atoms with Crippen LogP contribution in [0.15, 0.2) is 18.2 Å². The van der Waals surface area contributed by atoms with Crippen molar-refractivity contribution in [2.24, 2.45) is 5.73 Å². The number of nitrogens with two attached hydrogens (primary N) is 1. The van der Waals surface area contributed by atoms with Crippen LogP contribution < -0.4 is 11.1 Å². The van der Waals surface area contributed by atoms with Gasteiger partial charge in [0.15, 0.2) is 0 Å². The van der Waals surface area contributed by atoms with Gasteiger partial charge < -0.3 is 15.8 Å². The van der Waals surface area contributed by atoms with Crippen LogP contribution in [0, 0.1) is 18.8 Å². The van der Waals surface area contributed by atoms with Crippen LogP contribution in [0.1, 0.15) is 30.4 Å². The number of aryl methyl sites for hydroxylation is 1. The van der Waals surface area contributed by atoms with Crippen molar-refractivity contribution >= 4 is 11.6 Å². The molecule has 0 aliphatic carbocycles. The highest BCUT2D eigenvalue weighted by Gasteiger charge is 2.21. The monoisotopic (exact) mass is 272 g/mol. The number of amides is 1. The average molecular weight is 272 g/mol. The first-order valence-corrected chi connectivity index (χ1v) is 6.93. The molecular weight excluding hydrogens is 252 g/mol. The van der Waals surface area contributed by atoms with E-state index in [4.69, 9.17) is 10.5 Å². The molecule has 4 nitrogen and oxygen atoms in total. The normalized spacial score (nSPS) is 18.0. The average Bonchev–Trinajstić information content (AvgIpc) is 2.47. The second kappa shape index (κ2) is 7.09. The number of carbonyl (C=O) groups excluding carboxylic acids is 1. The molecular formula is C16H20N2O2. The summed E-state index contributed by atoms with van der Waals surface area (Å²) in [6.45, 7) is 2.98. The summed E-state index contributed by atoms with van der Waals surface area (Å²) in [5.74, 6) is 5.77. The highest BCUT2D eigenvalue weighted by molar-refractivity contribution is 5.94. The van der Waals surface area contributed by atoms with Gasteiger partial charge >= 0.3 is 0 Å². The van der Waals surface area contributed by atoms with Gasteiger partial charge in [-0.05, 0) is 49.9 Å². The van der Waals surface area contributed by atoms with E-state index in [1.807, 2.05) is 25.1 Å². The number of carbonyl (C=O) groups is 1. The van der Waals surface area contributed by atoms with Gasteiger partial charge in [0.25, 0.3) is 5.91 Å². The fourth-order valence-electron chi connectivity index (χ4n) is 2.20. The van der Waals surface area contributed by atoms with E-state index in [9.17, 15) is 4.79 Å². The maximum absolute atomic E-state index is 12.1. The van der Waals surface area contributed by atoms with E-state index in [1.165, 1.54) is 0 Å². The first kappa shape index (κ1) is 14.6. The summed E-state index contributed by atoms with van der Waals surface area (Å²) < 4.78 is 5.47. The lowest BCUT2D eigenvalue weighted by atomic mass is 10.1. The zero-order valence-corrected chi connectivity index (χ0v) is 11.7. The topological polar surface area (TPSA) is 64.3 Å². The third kappa shape index (κ3) is 3.83. The lowest BCUT2D eigenvalue weighted by Crippen LogP contribution is -2.33. The Bertz CT molecular complexity index is 537. The second-order valence-corrected chi connectivity index (χ2v) is 4.88. The fourth-order valence-corrected chi connectivity index (χ4v) is 2.20. The molecule has 1 amide bonds. The van der Waals surface area contributed by atoms with Crippen LogP contribution in [0.4, 0.5) is 5.69 Å². The highest BCUT2D eigenvalue weighted by Crippen LogP contribution is 2.18. The molecule has 0 bridgehead atoms. The Morgan fingerprint density at radius 2 is 2.35 bits per heavy atom. The highest BCUT2D eigenvalue weighted by atomic mass is 16.5. The SMILES string of the molecule is Cc1cc(NC(=O)C2CCCCO2)ccc1C#CCN. The molecule has 1 heterocycles. The van der Waals surface area contributed by atoms with Gasteiger partial charge in [0, 0.05) is 17.9 Å². The summed E-state index contributed by atoms with van der Waals surface area (Å²) >= 11 is 0. The Kier molecular flexibility index (Phi) is 5.16. The van der Waals surface area contributed by atoms with Crippen LogP contribution >= 0.6 is 0 Å². The maximum atomic E-state index is 12.1. The third-order valence-corrected chi connectivity index (χ3v) is 3.29. The van der Waals surface area contributed by atoms with Crippen LogP contribution in [-0.4, -0.2) is 25.2 Å². The molecule has 1 atom stereocenters. The van der Waals surface area contributed by atoms with Gasteiger partial charge in [-0.15, -0.1) is 0 Å². The zero-order chi connectivity index (χ0) is 14.4. The summed E-state index contributed by atoms with van der Waals surface area (Å²) in [6, 6.07) is 5.67. The summed E-state index contributed by atoms with van der Waals surface area (Å²) in [5.41, 5.74) is 8.09. The minimum Gasteiger partial charge on any atom is -0.368 e. The van der Waals surface area contributed by atoms with Crippen molar-refractivity contribution in [2.45, 2.75) is 32.3 Å². The predicted molar refractivity (Wildman–Crippen MR) is 79.3 cm³/mol. The van der Waals surface area contributed by atoms with E-state index in [2.05, 4.69) is 17.2 Å². The minimum atomic E-state index is -0.319. The van der Waals surface area contributed by atoms with Gasteiger partial charge in [-0.25, -0.2) is 0 Å². The van der Waals surface area contributed by atoms with Gasteiger partial charge in [-0.3, -0.25) is 4.79 Å². The Labute approximate surface area is 119 Å². The van der Waals surface area contributed by atoms with Crippen LogP contribution in [0.25, 0.3) is 0 Å². The Morgan fingerprint density at radius 1 is 1.50 bits per heavy atom. The summed E-state index contributed by atoms with van der Waals surface area (Å²) in [6.07, 6.45) is 2.56. The molecule has 0 saturated carbocycles. The molecule has 3 N–H and O–H groups in total. The van der Waals surface area contributed by atoms with Gasteiger partial charge in [0.2, 0.25) is 0 Å². The van der Waals surface area contributed by atoms with Crippen molar-refractivity contribution in [3.05, 3.63) is 29.3 Å². The van der Waals surface area contributed by atoms with E-state index < -0.39 is 0 Å². The Hall–Kier alpha value is -1.83. The lowest BCUT2D eigenvalue weighted by molar-refractivity contribution is -0.129. The summed E-state index contributed by atoms with van der Waals surface area (Å²) in [5, 5.41) is 2.90. The molecule has 20 heavy (non-hydrogen) atoms. The van der Waals surface area contributed by atoms with Crippen LogP contribution in [0.2, 0.25) is 0 Å². The molecule has 1 aromatic carbocycles. The molecule has 1 fully saturated rings. The minimum absolute atomic E-state index is 0.0649. The van der Waals surface area contributed by atoms with Crippen molar-refractivity contribution in [1.82, 2.24) is 0 Å². The van der Waals surface area contributed by atoms with Crippen molar-refractivity contribution in [3.8, 4) is 11.8 Å². The van der Waals surface area contributed by atoms with E-state index in [0.717, 1.165) is 36.1 Å². The second-order valence-electron chi connectivity index (χ2n) is 4.88. The molecule has 1 aliphatic heterocycles. The van der Waals surface area contributed by atoms with E-state index in [-0.39, 0.29) is 12.0 Å². The van der Waals surface area contributed by atoms with Crippen LogP contribution in [0.5, 0.6) is 0 Å². The molecule has 0 aromatic heterocycles. The van der Waals surface area contributed by atoms with E-state index >= 15 is 0 Å². The van der Waals surface area contributed by atoms with Crippen molar-refractivity contribution in [3.63, 3.8) is 0 Å².